The van der Waals surface area contributed by atoms with Gasteiger partial charge in [0.2, 0.25) is 0 Å². The highest BCUT2D eigenvalue weighted by atomic mass is 79.9. The maximum atomic E-state index is 14.1. The lowest BCUT2D eigenvalue weighted by atomic mass is 9.69. The second-order valence-corrected chi connectivity index (χ2v) is 11.9. The van der Waals surface area contributed by atoms with Crippen LogP contribution in [0.1, 0.15) is 54.8 Å². The maximum Gasteiger partial charge on any atom is 0.418 e. The summed E-state index contributed by atoms with van der Waals surface area (Å²) in [5.74, 6) is -1.05. The number of thiophene rings is 1. The van der Waals surface area contributed by atoms with Gasteiger partial charge < -0.3 is 5.73 Å². The van der Waals surface area contributed by atoms with Gasteiger partial charge in [-0.3, -0.25) is 9.69 Å². The monoisotopic (exact) mass is 583 g/mol. The number of halogens is 5. The number of nitriles is 1. The molecule has 1 aliphatic carbocycles. The molecule has 0 radical (unpaired) electrons. The number of aryl methyl sites for hydroxylation is 1. The lowest BCUT2D eigenvalue weighted by Gasteiger charge is -2.44. The van der Waals surface area contributed by atoms with Crippen molar-refractivity contribution in [1.82, 2.24) is 0 Å². The van der Waals surface area contributed by atoms with E-state index < -0.39 is 23.1 Å². The van der Waals surface area contributed by atoms with Gasteiger partial charge in [0.15, 0.2) is 5.78 Å². The molecular weight excluding hydrogens is 563 g/mol. The highest BCUT2D eigenvalue weighted by Gasteiger charge is 2.47. The van der Waals surface area contributed by atoms with Crippen LogP contribution in [0, 0.1) is 16.7 Å². The Bertz CT molecular complexity index is 1340. The highest BCUT2D eigenvalue weighted by molar-refractivity contribution is 9.10. The van der Waals surface area contributed by atoms with E-state index in [1.54, 1.807) is 0 Å². The Morgan fingerprint density at radius 1 is 1.31 bits per heavy atom. The van der Waals surface area contributed by atoms with Crippen LogP contribution in [0.3, 0.4) is 0 Å². The second kappa shape index (κ2) is 8.99. The molecule has 1 aromatic heterocycles. The molecule has 4 rings (SSSR count). The van der Waals surface area contributed by atoms with Crippen molar-refractivity contribution >= 4 is 50.3 Å². The number of Topliss-reactive ketones (excluding diaryl/α,β-unsaturated/α-hetero) is 1. The maximum absolute atomic E-state index is 14.1. The molecule has 1 unspecified atom stereocenters. The molecule has 0 spiro atoms. The largest absolute Gasteiger partial charge is 0.418 e. The van der Waals surface area contributed by atoms with E-state index in [1.807, 2.05) is 26.8 Å². The number of carbonyl (C=O) groups is 1. The fourth-order valence-corrected chi connectivity index (χ4v) is 7.02. The van der Waals surface area contributed by atoms with Crippen molar-refractivity contribution in [3.63, 3.8) is 0 Å². The SMILES string of the molecule is CCc1sc(C2C(C#N)=C(N)N(c3ccc(Cl)cc3C(F)(F)F)C3=C2C(=O)CC(C)(C)C3)cc1Br. The quantitative estimate of drug-likeness (QED) is 0.402. The molecule has 2 aliphatic rings. The molecule has 1 aromatic carbocycles. The van der Waals surface area contributed by atoms with E-state index in [0.717, 1.165) is 26.7 Å². The summed E-state index contributed by atoms with van der Waals surface area (Å²) < 4.78 is 43.1. The minimum Gasteiger partial charge on any atom is -0.384 e. The van der Waals surface area contributed by atoms with E-state index in [2.05, 4.69) is 22.0 Å². The van der Waals surface area contributed by atoms with Crippen molar-refractivity contribution < 1.29 is 18.0 Å². The van der Waals surface area contributed by atoms with Gasteiger partial charge in [0.05, 0.1) is 28.8 Å². The summed E-state index contributed by atoms with van der Waals surface area (Å²) in [5, 5.41) is 10.1. The highest BCUT2D eigenvalue weighted by Crippen LogP contribution is 2.53. The Balaban J connectivity index is 2.05. The zero-order chi connectivity index (χ0) is 25.9. The van der Waals surface area contributed by atoms with Crippen molar-refractivity contribution in [2.45, 2.75) is 52.1 Å². The van der Waals surface area contributed by atoms with Crippen molar-refractivity contribution in [1.29, 1.82) is 5.26 Å². The fourth-order valence-electron chi connectivity index (χ4n) is 4.81. The summed E-state index contributed by atoms with van der Waals surface area (Å²) >= 11 is 10.9. The van der Waals surface area contributed by atoms with Crippen LogP contribution in [0.25, 0.3) is 0 Å². The van der Waals surface area contributed by atoms with Gasteiger partial charge in [-0.05, 0) is 58.5 Å². The lowest BCUT2D eigenvalue weighted by molar-refractivity contribution is -0.137. The van der Waals surface area contributed by atoms with Crippen LogP contribution < -0.4 is 10.6 Å². The average Bonchev–Trinajstić information content (AvgIpc) is 3.12. The van der Waals surface area contributed by atoms with Crippen molar-refractivity contribution in [2.24, 2.45) is 11.1 Å². The third-order valence-corrected chi connectivity index (χ3v) is 8.82. The molecule has 0 saturated carbocycles. The Hall–Kier alpha value is -2.28. The van der Waals surface area contributed by atoms with Crippen LogP contribution in [-0.2, 0) is 17.4 Å². The molecule has 0 bridgehead atoms. The number of rotatable bonds is 3. The van der Waals surface area contributed by atoms with Crippen LogP contribution in [0.5, 0.6) is 0 Å². The Labute approximate surface area is 219 Å². The van der Waals surface area contributed by atoms with Gasteiger partial charge in [-0.1, -0.05) is 32.4 Å². The molecule has 2 aromatic rings. The van der Waals surface area contributed by atoms with Crippen LogP contribution in [0.2, 0.25) is 5.02 Å². The number of hydrogen-bond donors (Lipinski definition) is 1. The summed E-state index contributed by atoms with van der Waals surface area (Å²) in [6.45, 7) is 5.78. The Morgan fingerprint density at radius 3 is 2.57 bits per heavy atom. The van der Waals surface area contributed by atoms with E-state index in [-0.39, 0.29) is 34.3 Å². The first-order chi connectivity index (χ1) is 16.3. The molecule has 2 heterocycles. The number of nitrogens with two attached hydrogens (primary N) is 1. The van der Waals surface area contributed by atoms with Crippen molar-refractivity contribution in [3.8, 4) is 6.07 Å². The van der Waals surface area contributed by atoms with E-state index in [9.17, 15) is 23.2 Å². The standard InChI is InChI=1S/C25H22BrClF3N3OS/c1-4-19-15(26)8-20(35-19)21-13(11-31)23(32)33(17-9-24(2,3)10-18(34)22(17)21)16-6-5-12(27)7-14(16)25(28,29)30/h5-8,21H,4,9-10,32H2,1-3H3. The van der Waals surface area contributed by atoms with Gasteiger partial charge in [-0.25, -0.2) is 0 Å². The molecule has 0 saturated heterocycles. The first kappa shape index (κ1) is 25.8. The first-order valence-corrected chi connectivity index (χ1v) is 12.9. The van der Waals surface area contributed by atoms with Crippen LogP contribution in [0.4, 0.5) is 18.9 Å². The van der Waals surface area contributed by atoms with E-state index in [1.165, 1.54) is 28.4 Å². The number of carbonyl (C=O) groups excluding carboxylic acids is 1. The zero-order valence-corrected chi connectivity index (χ0v) is 22.3. The Kier molecular flexibility index (Phi) is 6.62. The third-order valence-electron chi connectivity index (χ3n) is 6.27. The summed E-state index contributed by atoms with van der Waals surface area (Å²) in [5.41, 5.74) is 5.52. The molecule has 35 heavy (non-hydrogen) atoms. The van der Waals surface area contributed by atoms with Crippen LogP contribution >= 0.6 is 38.9 Å². The number of nitrogens with zero attached hydrogens (tertiary/aromatic N) is 2. The zero-order valence-electron chi connectivity index (χ0n) is 19.2. The molecule has 0 amide bonds. The van der Waals surface area contributed by atoms with Crippen LogP contribution in [-0.4, -0.2) is 5.78 Å². The number of allylic oxidation sites excluding steroid dienone is 3. The molecule has 4 nitrogen and oxygen atoms in total. The summed E-state index contributed by atoms with van der Waals surface area (Å²) in [7, 11) is 0. The minimum atomic E-state index is -4.73. The third kappa shape index (κ3) is 4.52. The van der Waals surface area contributed by atoms with Gasteiger partial charge >= 0.3 is 6.18 Å². The molecular formula is C25H22BrClF3N3OS. The molecule has 1 atom stereocenters. The predicted molar refractivity (Wildman–Crippen MR) is 135 cm³/mol. The molecule has 184 valence electrons. The molecule has 2 N–H and O–H groups in total. The minimum absolute atomic E-state index is 0.0521. The topological polar surface area (TPSA) is 70.1 Å². The molecule has 10 heteroatoms. The number of ketones is 1. The summed E-state index contributed by atoms with van der Waals surface area (Å²) in [6, 6.07) is 7.39. The number of alkyl halides is 3. The molecule has 0 fully saturated rings. The smallest absolute Gasteiger partial charge is 0.384 e. The summed E-state index contributed by atoms with van der Waals surface area (Å²) in [6.07, 6.45) is -3.45. The number of hydrogen-bond acceptors (Lipinski definition) is 5. The summed E-state index contributed by atoms with van der Waals surface area (Å²) in [4.78, 5) is 16.6. The first-order valence-electron chi connectivity index (χ1n) is 10.9. The van der Waals surface area contributed by atoms with Gasteiger partial charge in [-0.2, -0.15) is 18.4 Å². The lowest BCUT2D eigenvalue weighted by Crippen LogP contribution is -2.42. The van der Waals surface area contributed by atoms with E-state index in [0.29, 0.717) is 17.7 Å². The Morgan fingerprint density at radius 2 is 2.00 bits per heavy atom. The number of anilines is 1. The van der Waals surface area contributed by atoms with E-state index in [4.69, 9.17) is 17.3 Å². The van der Waals surface area contributed by atoms with Crippen molar-refractivity contribution in [3.05, 3.63) is 71.7 Å². The second-order valence-electron chi connectivity index (χ2n) is 9.41. The van der Waals surface area contributed by atoms with Crippen molar-refractivity contribution in [2.75, 3.05) is 4.90 Å². The van der Waals surface area contributed by atoms with Gasteiger partial charge in [0.1, 0.15) is 5.82 Å². The van der Waals surface area contributed by atoms with Gasteiger partial charge in [-0.15, -0.1) is 11.3 Å². The molecule has 1 aliphatic heterocycles. The van der Waals surface area contributed by atoms with Gasteiger partial charge in [0, 0.05) is 36.9 Å². The fraction of sp³-hybridized carbons (Fsp3) is 0.360. The van der Waals surface area contributed by atoms with Crippen LogP contribution in [0.15, 0.2) is 51.4 Å². The number of benzene rings is 1. The normalized spacial score (nSPS) is 20.3. The average molecular weight is 585 g/mol. The predicted octanol–water partition coefficient (Wildman–Crippen LogP) is 7.69. The van der Waals surface area contributed by atoms with E-state index >= 15 is 0 Å². The van der Waals surface area contributed by atoms with Gasteiger partial charge in [0.25, 0.3) is 0 Å².